The number of piperazine rings is 1. The lowest BCUT2D eigenvalue weighted by Crippen LogP contribution is -2.63. The molecule has 2 atom stereocenters. The van der Waals surface area contributed by atoms with E-state index >= 15 is 0 Å². The van der Waals surface area contributed by atoms with E-state index < -0.39 is 0 Å². The summed E-state index contributed by atoms with van der Waals surface area (Å²) in [4.78, 5) is 30.3. The number of nitrogens with one attached hydrogen (secondary N) is 2. The summed E-state index contributed by atoms with van der Waals surface area (Å²) in [5, 5.41) is 3.03. The molecule has 3 rings (SSSR count). The van der Waals surface area contributed by atoms with Gasteiger partial charge in [0.2, 0.25) is 11.8 Å². The number of thiazole rings is 1. The molecule has 7 heteroatoms. The van der Waals surface area contributed by atoms with Crippen LogP contribution in [-0.4, -0.2) is 40.3 Å². The number of carbonyl (C=O) groups excluding carboxylic acids is 2. The maximum Gasteiger partial charge on any atom is 0.239 e. The maximum absolute atomic E-state index is 12.6. The van der Waals surface area contributed by atoms with Crippen LogP contribution in [-0.2, 0) is 16.0 Å². The van der Waals surface area contributed by atoms with Crippen molar-refractivity contribution >= 4 is 35.4 Å². The molecule has 0 aromatic carbocycles. The van der Waals surface area contributed by atoms with Gasteiger partial charge in [0, 0.05) is 16.6 Å². The van der Waals surface area contributed by atoms with Gasteiger partial charge < -0.3 is 15.2 Å². The molecule has 1 aliphatic heterocycles. The lowest BCUT2D eigenvalue weighted by Gasteiger charge is -2.44. The van der Waals surface area contributed by atoms with Crippen molar-refractivity contribution in [1.29, 1.82) is 0 Å². The Morgan fingerprint density at radius 2 is 2.19 bits per heavy atom. The average Bonchev–Trinajstić information content (AvgIpc) is 2.75. The molecule has 1 saturated carbocycles. The number of aromatic nitrogens is 1. The van der Waals surface area contributed by atoms with Gasteiger partial charge in [-0.05, 0) is 32.0 Å². The first-order chi connectivity index (χ1) is 10.0. The van der Waals surface area contributed by atoms with Crippen molar-refractivity contribution in [3.8, 4) is 0 Å². The second-order valence-corrected chi connectivity index (χ2v) is 7.56. The summed E-state index contributed by atoms with van der Waals surface area (Å²) < 4.78 is 0.697. The molecule has 0 radical (unpaired) electrons. The van der Waals surface area contributed by atoms with Crippen molar-refractivity contribution in [2.45, 2.75) is 51.1 Å². The second kappa shape index (κ2) is 5.88. The van der Waals surface area contributed by atoms with Crippen LogP contribution >= 0.6 is 23.6 Å². The molecule has 2 fully saturated rings. The van der Waals surface area contributed by atoms with E-state index in [0.717, 1.165) is 36.3 Å². The smallest absolute Gasteiger partial charge is 0.239 e. The number of hydrogen-bond acceptors (Lipinski definition) is 4. The van der Waals surface area contributed by atoms with Gasteiger partial charge in [0.1, 0.15) is 0 Å². The monoisotopic (exact) mass is 325 g/mol. The van der Waals surface area contributed by atoms with E-state index in [-0.39, 0.29) is 30.4 Å². The summed E-state index contributed by atoms with van der Waals surface area (Å²) >= 11 is 6.56. The highest BCUT2D eigenvalue weighted by atomic mass is 32.1. The zero-order valence-corrected chi connectivity index (χ0v) is 13.6. The number of fused-ring (bicyclic) bond motifs is 1. The highest BCUT2D eigenvalue weighted by Crippen LogP contribution is 2.27. The van der Waals surface area contributed by atoms with Gasteiger partial charge in [0.05, 0.1) is 19.0 Å². The van der Waals surface area contributed by atoms with E-state index in [1.165, 1.54) is 11.3 Å². The Morgan fingerprint density at radius 3 is 2.90 bits per heavy atom. The van der Waals surface area contributed by atoms with Crippen LogP contribution in [0.1, 0.15) is 36.3 Å². The van der Waals surface area contributed by atoms with Gasteiger partial charge in [-0.3, -0.25) is 9.59 Å². The van der Waals surface area contributed by atoms with Crippen LogP contribution in [0.2, 0.25) is 0 Å². The first kappa shape index (κ1) is 14.7. The second-order valence-electron chi connectivity index (χ2n) is 5.79. The summed E-state index contributed by atoms with van der Waals surface area (Å²) in [5.74, 6) is 0.0000207. The highest BCUT2D eigenvalue weighted by Gasteiger charge is 2.38. The molecule has 1 aromatic rings. The third-order valence-corrected chi connectivity index (χ3v) is 5.68. The summed E-state index contributed by atoms with van der Waals surface area (Å²) in [5.41, 5.74) is 0.958. The fourth-order valence-corrected chi connectivity index (χ4v) is 4.58. The van der Waals surface area contributed by atoms with E-state index in [1.807, 2.05) is 6.92 Å². The number of carbonyl (C=O) groups is 2. The molecule has 2 amide bonds. The normalized spacial score (nSPS) is 25.4. The van der Waals surface area contributed by atoms with Gasteiger partial charge in [-0.25, -0.2) is 0 Å². The standard InChI is InChI=1S/C14H19N3O2S2/c1-8-11(21-14(20)15-8)6-13(19)17-7-12(18)16-9-4-2-3-5-10(9)17/h9-10H,2-7H2,1H3,(H,15,20)(H,16,18)/t9-,10+/m0/s1. The van der Waals surface area contributed by atoms with Crippen LogP contribution in [0, 0.1) is 10.9 Å². The first-order valence-corrected chi connectivity index (χ1v) is 8.54. The van der Waals surface area contributed by atoms with Crippen LogP contribution in [0.4, 0.5) is 0 Å². The number of hydrogen-bond donors (Lipinski definition) is 2. The topological polar surface area (TPSA) is 65.2 Å². The zero-order chi connectivity index (χ0) is 15.0. The Balaban J connectivity index is 1.77. The Hall–Kier alpha value is -1.21. The van der Waals surface area contributed by atoms with Crippen molar-refractivity contribution in [3.05, 3.63) is 14.5 Å². The third kappa shape index (κ3) is 3.03. The number of aromatic amines is 1. The van der Waals surface area contributed by atoms with Gasteiger partial charge in [-0.15, -0.1) is 11.3 Å². The summed E-state index contributed by atoms with van der Waals surface area (Å²) in [6, 6.07) is 0.297. The van der Waals surface area contributed by atoms with E-state index in [0.29, 0.717) is 10.4 Å². The summed E-state index contributed by atoms with van der Waals surface area (Å²) in [6.45, 7) is 2.12. The van der Waals surface area contributed by atoms with E-state index in [1.54, 1.807) is 4.90 Å². The summed E-state index contributed by atoms with van der Waals surface area (Å²) in [6.07, 6.45) is 4.55. The van der Waals surface area contributed by atoms with Crippen molar-refractivity contribution < 1.29 is 9.59 Å². The largest absolute Gasteiger partial charge is 0.350 e. The molecule has 1 aromatic heterocycles. The van der Waals surface area contributed by atoms with Crippen molar-refractivity contribution in [2.24, 2.45) is 0 Å². The Labute approximate surface area is 132 Å². The predicted molar refractivity (Wildman–Crippen MR) is 83.8 cm³/mol. The van der Waals surface area contributed by atoms with E-state index in [4.69, 9.17) is 12.2 Å². The highest BCUT2D eigenvalue weighted by molar-refractivity contribution is 7.73. The molecule has 0 spiro atoms. The quantitative estimate of drug-likeness (QED) is 0.817. The van der Waals surface area contributed by atoms with Crippen LogP contribution in [0.15, 0.2) is 0 Å². The number of amides is 2. The van der Waals surface area contributed by atoms with Crippen LogP contribution in [0.3, 0.4) is 0 Å². The number of aryl methyl sites for hydroxylation is 1. The van der Waals surface area contributed by atoms with Gasteiger partial charge in [0.25, 0.3) is 0 Å². The van der Waals surface area contributed by atoms with Gasteiger partial charge >= 0.3 is 0 Å². The summed E-state index contributed by atoms with van der Waals surface area (Å²) in [7, 11) is 0. The molecule has 2 N–H and O–H groups in total. The molecule has 0 bridgehead atoms. The molecule has 1 saturated heterocycles. The molecular formula is C14H19N3O2S2. The fourth-order valence-electron chi connectivity index (χ4n) is 3.29. The lowest BCUT2D eigenvalue weighted by atomic mass is 9.87. The molecule has 114 valence electrons. The van der Waals surface area contributed by atoms with Crippen molar-refractivity contribution in [1.82, 2.24) is 15.2 Å². The Morgan fingerprint density at radius 1 is 1.43 bits per heavy atom. The SMILES string of the molecule is Cc1[nH]c(=S)sc1CC(=O)N1CC(=O)N[C@H]2CCCC[C@H]21. The fraction of sp³-hybridized carbons (Fsp3) is 0.643. The predicted octanol–water partition coefficient (Wildman–Crippen LogP) is 1.93. The number of H-pyrrole nitrogens is 1. The zero-order valence-electron chi connectivity index (χ0n) is 12.0. The molecule has 21 heavy (non-hydrogen) atoms. The van der Waals surface area contributed by atoms with Gasteiger partial charge in [-0.2, -0.15) is 0 Å². The van der Waals surface area contributed by atoms with E-state index in [2.05, 4.69) is 10.3 Å². The molecule has 0 unspecified atom stereocenters. The Bertz CT molecular complexity index is 622. The minimum absolute atomic E-state index is 0.0371. The molecule has 5 nitrogen and oxygen atoms in total. The lowest BCUT2D eigenvalue weighted by molar-refractivity contribution is -0.143. The molecule has 2 aliphatic rings. The first-order valence-electron chi connectivity index (χ1n) is 7.32. The Kier molecular flexibility index (Phi) is 4.12. The number of nitrogens with zero attached hydrogens (tertiary/aromatic N) is 1. The van der Waals surface area contributed by atoms with Crippen molar-refractivity contribution in [3.63, 3.8) is 0 Å². The van der Waals surface area contributed by atoms with E-state index in [9.17, 15) is 9.59 Å². The minimum atomic E-state index is -0.0371. The van der Waals surface area contributed by atoms with Gasteiger partial charge in [-0.1, -0.05) is 12.8 Å². The van der Waals surface area contributed by atoms with Crippen LogP contribution in [0.5, 0.6) is 0 Å². The minimum Gasteiger partial charge on any atom is -0.350 e. The van der Waals surface area contributed by atoms with Crippen LogP contribution in [0.25, 0.3) is 0 Å². The van der Waals surface area contributed by atoms with Gasteiger partial charge in [0.15, 0.2) is 3.95 Å². The molecule has 2 heterocycles. The third-order valence-electron chi connectivity index (χ3n) is 4.35. The van der Waals surface area contributed by atoms with Crippen molar-refractivity contribution in [2.75, 3.05) is 6.54 Å². The average molecular weight is 325 g/mol. The molecular weight excluding hydrogens is 306 g/mol. The molecule has 1 aliphatic carbocycles. The number of rotatable bonds is 2. The maximum atomic E-state index is 12.6. The van der Waals surface area contributed by atoms with Crippen LogP contribution < -0.4 is 5.32 Å².